The standard InChI is InChI=1S/C12H16BNO4/c1-7(15)11-6-16-9-4-2-3-8-10(5-14)17-13(18-11)12(8)9/h2-4,7,10-11,15H,5-6,14H2,1H3. The molecule has 0 radical (unpaired) electrons. The second-order valence-electron chi connectivity index (χ2n) is 4.68. The Balaban J connectivity index is 1.99. The third-order valence-electron chi connectivity index (χ3n) is 3.42. The number of rotatable bonds is 2. The van der Waals surface area contributed by atoms with Gasteiger partial charge in [-0.15, -0.1) is 0 Å². The van der Waals surface area contributed by atoms with E-state index in [1.807, 2.05) is 18.2 Å². The van der Waals surface area contributed by atoms with Gasteiger partial charge in [0.05, 0.1) is 12.2 Å². The van der Waals surface area contributed by atoms with E-state index in [0.29, 0.717) is 13.2 Å². The minimum absolute atomic E-state index is 0.165. The molecule has 18 heavy (non-hydrogen) atoms. The van der Waals surface area contributed by atoms with E-state index >= 15 is 0 Å². The number of aliphatic hydroxyl groups excluding tert-OH is 1. The van der Waals surface area contributed by atoms with Crippen molar-refractivity contribution in [3.8, 4) is 5.75 Å². The van der Waals surface area contributed by atoms with Gasteiger partial charge in [-0.3, -0.25) is 0 Å². The summed E-state index contributed by atoms with van der Waals surface area (Å²) in [6, 6.07) is 5.79. The molecular formula is C12H16BNO4. The second-order valence-corrected chi connectivity index (χ2v) is 4.68. The summed E-state index contributed by atoms with van der Waals surface area (Å²) in [4.78, 5) is 0. The smallest absolute Gasteiger partial charge is 0.491 e. The van der Waals surface area contributed by atoms with Crippen molar-refractivity contribution in [2.45, 2.75) is 25.2 Å². The van der Waals surface area contributed by atoms with Gasteiger partial charge in [0.25, 0.3) is 0 Å². The monoisotopic (exact) mass is 249 g/mol. The van der Waals surface area contributed by atoms with Gasteiger partial charge in [0.15, 0.2) is 0 Å². The average Bonchev–Trinajstić information content (AvgIpc) is 2.60. The van der Waals surface area contributed by atoms with Crippen LogP contribution in [0.5, 0.6) is 5.75 Å². The normalized spacial score (nSPS) is 27.4. The maximum Gasteiger partial charge on any atom is 0.498 e. The summed E-state index contributed by atoms with van der Waals surface area (Å²) in [6.07, 6.45) is -1.17. The SMILES string of the molecule is CC(O)C1COc2cccc3c2B(OC3CN)O1. The highest BCUT2D eigenvalue weighted by atomic mass is 16.6. The van der Waals surface area contributed by atoms with Crippen molar-refractivity contribution in [2.24, 2.45) is 5.73 Å². The molecule has 2 aliphatic rings. The molecule has 5 nitrogen and oxygen atoms in total. The van der Waals surface area contributed by atoms with Crippen molar-refractivity contribution < 1.29 is 19.2 Å². The number of benzene rings is 1. The fourth-order valence-electron chi connectivity index (χ4n) is 2.42. The van der Waals surface area contributed by atoms with Gasteiger partial charge >= 0.3 is 7.12 Å². The molecule has 0 bridgehead atoms. The lowest BCUT2D eigenvalue weighted by Gasteiger charge is -2.20. The average molecular weight is 249 g/mol. The molecule has 0 aromatic heterocycles. The van der Waals surface area contributed by atoms with Crippen LogP contribution in [-0.2, 0) is 9.31 Å². The van der Waals surface area contributed by atoms with E-state index in [0.717, 1.165) is 16.8 Å². The first kappa shape index (κ1) is 12.0. The van der Waals surface area contributed by atoms with Crippen LogP contribution < -0.4 is 15.9 Å². The van der Waals surface area contributed by atoms with Crippen molar-refractivity contribution in [3.05, 3.63) is 23.8 Å². The Morgan fingerprint density at radius 1 is 1.50 bits per heavy atom. The summed E-state index contributed by atoms with van der Waals surface area (Å²) in [7, 11) is -0.494. The topological polar surface area (TPSA) is 73.9 Å². The zero-order valence-corrected chi connectivity index (χ0v) is 10.2. The largest absolute Gasteiger partial charge is 0.498 e. The first-order chi connectivity index (χ1) is 8.70. The lowest BCUT2D eigenvalue weighted by molar-refractivity contribution is 0.00452. The highest BCUT2D eigenvalue weighted by molar-refractivity contribution is 6.64. The van der Waals surface area contributed by atoms with Crippen molar-refractivity contribution in [1.29, 1.82) is 0 Å². The Morgan fingerprint density at radius 2 is 2.33 bits per heavy atom. The van der Waals surface area contributed by atoms with Crippen LogP contribution in [0.4, 0.5) is 0 Å². The Kier molecular flexibility index (Phi) is 3.03. The number of ether oxygens (including phenoxy) is 1. The predicted octanol–water partition coefficient (Wildman–Crippen LogP) is -0.430. The van der Waals surface area contributed by atoms with E-state index in [4.69, 9.17) is 19.8 Å². The van der Waals surface area contributed by atoms with Crippen molar-refractivity contribution >= 4 is 12.6 Å². The minimum atomic E-state index is -0.608. The Bertz CT molecular complexity index is 454. The van der Waals surface area contributed by atoms with Crippen LogP contribution in [0.2, 0.25) is 0 Å². The first-order valence-electron chi connectivity index (χ1n) is 6.15. The van der Waals surface area contributed by atoms with Crippen LogP contribution in [0, 0.1) is 0 Å². The van der Waals surface area contributed by atoms with E-state index in [1.165, 1.54) is 0 Å². The fraction of sp³-hybridized carbons (Fsp3) is 0.500. The van der Waals surface area contributed by atoms with Crippen LogP contribution in [0.1, 0.15) is 18.6 Å². The summed E-state index contributed by atoms with van der Waals surface area (Å²) in [5.74, 6) is 0.761. The highest BCUT2D eigenvalue weighted by Gasteiger charge is 2.43. The number of hydrogen-bond donors (Lipinski definition) is 2. The lowest BCUT2D eigenvalue weighted by Crippen LogP contribution is -2.40. The summed E-state index contributed by atoms with van der Waals surface area (Å²) in [6.45, 7) is 2.40. The molecular weight excluding hydrogens is 233 g/mol. The van der Waals surface area contributed by atoms with Crippen molar-refractivity contribution in [2.75, 3.05) is 13.2 Å². The molecule has 2 aliphatic heterocycles. The van der Waals surface area contributed by atoms with E-state index in [9.17, 15) is 5.11 Å². The molecule has 2 heterocycles. The molecule has 3 unspecified atom stereocenters. The van der Waals surface area contributed by atoms with Crippen LogP contribution in [-0.4, -0.2) is 37.6 Å². The van der Waals surface area contributed by atoms with Crippen LogP contribution >= 0.6 is 0 Å². The second kappa shape index (κ2) is 4.55. The van der Waals surface area contributed by atoms with Crippen LogP contribution in [0.15, 0.2) is 18.2 Å². The Labute approximate surface area is 106 Å². The summed E-state index contributed by atoms with van der Waals surface area (Å²) < 4.78 is 17.3. The van der Waals surface area contributed by atoms with E-state index in [2.05, 4.69) is 0 Å². The number of nitrogens with two attached hydrogens (primary N) is 1. The molecule has 6 heteroatoms. The molecule has 96 valence electrons. The van der Waals surface area contributed by atoms with Gasteiger partial charge in [-0.25, -0.2) is 0 Å². The molecule has 3 N–H and O–H groups in total. The maximum atomic E-state index is 9.65. The molecule has 0 aliphatic carbocycles. The Morgan fingerprint density at radius 3 is 3.06 bits per heavy atom. The van der Waals surface area contributed by atoms with Gasteiger partial charge in [0.2, 0.25) is 0 Å². The predicted molar refractivity (Wildman–Crippen MR) is 66.8 cm³/mol. The van der Waals surface area contributed by atoms with E-state index < -0.39 is 19.3 Å². The summed E-state index contributed by atoms with van der Waals surface area (Å²) in [5, 5.41) is 9.65. The molecule has 3 atom stereocenters. The Hall–Kier alpha value is -1.08. The summed E-state index contributed by atoms with van der Waals surface area (Å²) in [5.41, 5.74) is 7.63. The van der Waals surface area contributed by atoms with Gasteiger partial charge in [0, 0.05) is 12.0 Å². The van der Waals surface area contributed by atoms with Crippen LogP contribution in [0.25, 0.3) is 0 Å². The zero-order chi connectivity index (χ0) is 12.7. The maximum absolute atomic E-state index is 9.65. The highest BCUT2D eigenvalue weighted by Crippen LogP contribution is 2.30. The number of hydrogen-bond acceptors (Lipinski definition) is 5. The molecule has 0 fully saturated rings. The fourth-order valence-corrected chi connectivity index (χ4v) is 2.42. The zero-order valence-electron chi connectivity index (χ0n) is 10.2. The third-order valence-corrected chi connectivity index (χ3v) is 3.42. The van der Waals surface area contributed by atoms with Gasteiger partial charge < -0.3 is 24.9 Å². The van der Waals surface area contributed by atoms with Gasteiger partial charge in [-0.05, 0) is 18.6 Å². The molecule has 3 rings (SSSR count). The van der Waals surface area contributed by atoms with Crippen molar-refractivity contribution in [3.63, 3.8) is 0 Å². The number of aliphatic hydroxyl groups is 1. The quantitative estimate of drug-likeness (QED) is 0.696. The van der Waals surface area contributed by atoms with Gasteiger partial charge in [0.1, 0.15) is 18.5 Å². The third kappa shape index (κ3) is 1.82. The summed E-state index contributed by atoms with van der Waals surface area (Å²) >= 11 is 0. The van der Waals surface area contributed by atoms with Gasteiger partial charge in [-0.1, -0.05) is 12.1 Å². The molecule has 0 spiro atoms. The lowest BCUT2D eigenvalue weighted by atomic mass is 9.77. The van der Waals surface area contributed by atoms with E-state index in [1.54, 1.807) is 6.92 Å². The first-order valence-corrected chi connectivity index (χ1v) is 6.15. The molecule has 1 aromatic rings. The van der Waals surface area contributed by atoms with Crippen molar-refractivity contribution in [1.82, 2.24) is 0 Å². The minimum Gasteiger partial charge on any atom is -0.491 e. The molecule has 0 saturated heterocycles. The molecule has 1 aromatic carbocycles. The van der Waals surface area contributed by atoms with E-state index in [-0.39, 0.29) is 6.10 Å². The van der Waals surface area contributed by atoms with Crippen LogP contribution in [0.3, 0.4) is 0 Å². The molecule has 0 saturated carbocycles. The molecule has 0 amide bonds. The van der Waals surface area contributed by atoms with Gasteiger partial charge in [-0.2, -0.15) is 0 Å².